The van der Waals surface area contributed by atoms with Gasteiger partial charge in [0.25, 0.3) is 0 Å². The second-order valence-electron chi connectivity index (χ2n) is 5.11. The average Bonchev–Trinajstić information content (AvgIpc) is 2.47. The third-order valence-electron chi connectivity index (χ3n) is 4.14. The molecule has 94 valence electrons. The molecule has 0 saturated carbocycles. The molecule has 0 fully saturated rings. The SMILES string of the molecule is C=C(CC)[Si](C)(C1=CC=CCC1)c1ccccc1. The molecule has 1 unspecified atom stereocenters. The Kier molecular flexibility index (Phi) is 4.03. The van der Waals surface area contributed by atoms with E-state index in [1.807, 2.05) is 0 Å². The van der Waals surface area contributed by atoms with Gasteiger partial charge in [0, 0.05) is 0 Å². The van der Waals surface area contributed by atoms with E-state index in [4.69, 9.17) is 0 Å². The summed E-state index contributed by atoms with van der Waals surface area (Å²) in [4.78, 5) is 0. The summed E-state index contributed by atoms with van der Waals surface area (Å²) in [5.74, 6) is 0. The topological polar surface area (TPSA) is 0 Å². The lowest BCUT2D eigenvalue weighted by Gasteiger charge is -2.33. The minimum absolute atomic E-state index is 1.08. The fraction of sp³-hybridized carbons (Fsp3) is 0.294. The molecule has 1 atom stereocenters. The molecule has 0 aromatic heterocycles. The van der Waals surface area contributed by atoms with Gasteiger partial charge in [-0.25, -0.2) is 0 Å². The van der Waals surface area contributed by atoms with Crippen molar-refractivity contribution in [1.82, 2.24) is 0 Å². The molecular formula is C17H22Si. The third kappa shape index (κ3) is 2.28. The zero-order valence-electron chi connectivity index (χ0n) is 11.4. The van der Waals surface area contributed by atoms with Crippen LogP contribution in [0.15, 0.2) is 65.5 Å². The normalized spacial score (nSPS) is 18.0. The maximum absolute atomic E-state index is 4.39. The van der Waals surface area contributed by atoms with Crippen LogP contribution < -0.4 is 5.19 Å². The quantitative estimate of drug-likeness (QED) is 0.703. The van der Waals surface area contributed by atoms with Gasteiger partial charge < -0.3 is 0 Å². The van der Waals surface area contributed by atoms with Gasteiger partial charge in [-0.3, -0.25) is 0 Å². The molecule has 0 spiro atoms. The van der Waals surface area contributed by atoms with E-state index >= 15 is 0 Å². The van der Waals surface area contributed by atoms with E-state index in [1.165, 1.54) is 23.2 Å². The van der Waals surface area contributed by atoms with E-state index in [0.29, 0.717) is 0 Å². The van der Waals surface area contributed by atoms with E-state index < -0.39 is 8.07 Å². The van der Waals surface area contributed by atoms with E-state index in [0.717, 1.165) is 6.42 Å². The van der Waals surface area contributed by atoms with Gasteiger partial charge in [-0.2, -0.15) is 0 Å². The van der Waals surface area contributed by atoms with Crippen LogP contribution in [0.5, 0.6) is 0 Å². The van der Waals surface area contributed by atoms with Gasteiger partial charge in [0.05, 0.1) is 0 Å². The predicted octanol–water partition coefficient (Wildman–Crippen LogP) is 4.29. The van der Waals surface area contributed by atoms with Crippen LogP contribution in [0.2, 0.25) is 6.55 Å². The van der Waals surface area contributed by atoms with E-state index in [-0.39, 0.29) is 0 Å². The highest BCUT2D eigenvalue weighted by Crippen LogP contribution is 2.29. The Bertz CT molecular complexity index is 482. The molecule has 1 aliphatic rings. The molecule has 0 bridgehead atoms. The molecule has 1 aliphatic carbocycles. The van der Waals surface area contributed by atoms with Crippen LogP contribution >= 0.6 is 0 Å². The molecule has 0 saturated heterocycles. The van der Waals surface area contributed by atoms with Gasteiger partial charge in [0.1, 0.15) is 8.07 Å². The number of allylic oxidation sites excluding steroid dienone is 5. The highest BCUT2D eigenvalue weighted by Gasteiger charge is 2.35. The summed E-state index contributed by atoms with van der Waals surface area (Å²) in [6.45, 7) is 9.08. The van der Waals surface area contributed by atoms with Crippen molar-refractivity contribution in [2.75, 3.05) is 0 Å². The lowest BCUT2D eigenvalue weighted by molar-refractivity contribution is 1.00. The summed E-state index contributed by atoms with van der Waals surface area (Å²) in [6.07, 6.45) is 10.3. The fourth-order valence-electron chi connectivity index (χ4n) is 2.76. The van der Waals surface area contributed by atoms with Crippen molar-refractivity contribution >= 4 is 13.3 Å². The van der Waals surface area contributed by atoms with Gasteiger partial charge in [-0.05, 0) is 19.3 Å². The second kappa shape index (κ2) is 5.53. The largest absolute Gasteiger partial charge is 0.136 e. The molecule has 0 heterocycles. The first-order valence-corrected chi connectivity index (χ1v) is 9.29. The van der Waals surface area contributed by atoms with Crippen molar-refractivity contribution in [1.29, 1.82) is 0 Å². The molecule has 2 rings (SSSR count). The highest BCUT2D eigenvalue weighted by molar-refractivity contribution is 7.02. The molecule has 0 N–H and O–H groups in total. The van der Waals surface area contributed by atoms with Crippen LogP contribution in [0, 0.1) is 0 Å². The van der Waals surface area contributed by atoms with Gasteiger partial charge >= 0.3 is 0 Å². The molecule has 0 radical (unpaired) electrons. The Morgan fingerprint density at radius 3 is 2.56 bits per heavy atom. The van der Waals surface area contributed by atoms with Crippen molar-refractivity contribution in [2.45, 2.75) is 32.7 Å². The predicted molar refractivity (Wildman–Crippen MR) is 83.6 cm³/mol. The maximum Gasteiger partial charge on any atom is 0.136 e. The number of hydrogen-bond donors (Lipinski definition) is 0. The monoisotopic (exact) mass is 254 g/mol. The molecule has 0 aliphatic heterocycles. The standard InChI is InChI=1S/C17H22Si/c1-4-15(2)18(3,16-11-7-5-8-12-16)17-13-9-6-10-14-17/h5-9,11-13H,2,4,10,14H2,1,3H3. The van der Waals surface area contributed by atoms with Crippen LogP contribution in [0.4, 0.5) is 0 Å². The maximum atomic E-state index is 4.39. The Morgan fingerprint density at radius 2 is 2.00 bits per heavy atom. The first kappa shape index (κ1) is 13.1. The second-order valence-corrected chi connectivity index (χ2v) is 9.28. The van der Waals surface area contributed by atoms with Gasteiger partial charge in [0.2, 0.25) is 0 Å². The van der Waals surface area contributed by atoms with E-state index in [2.05, 4.69) is 68.6 Å². The van der Waals surface area contributed by atoms with Crippen molar-refractivity contribution in [3.8, 4) is 0 Å². The van der Waals surface area contributed by atoms with Crippen molar-refractivity contribution in [3.05, 3.63) is 65.5 Å². The Morgan fingerprint density at radius 1 is 1.28 bits per heavy atom. The van der Waals surface area contributed by atoms with Crippen molar-refractivity contribution < 1.29 is 0 Å². The average molecular weight is 254 g/mol. The summed E-state index contributed by atoms with van der Waals surface area (Å²) in [5.41, 5.74) is 0. The zero-order chi connectivity index (χ0) is 13.0. The number of hydrogen-bond acceptors (Lipinski definition) is 0. The van der Waals surface area contributed by atoms with Gasteiger partial charge in [0.15, 0.2) is 0 Å². The molecule has 1 aromatic rings. The highest BCUT2D eigenvalue weighted by atomic mass is 28.3. The van der Waals surface area contributed by atoms with Crippen LogP contribution in [0.1, 0.15) is 26.2 Å². The molecule has 1 aromatic carbocycles. The minimum Gasteiger partial charge on any atom is -0.103 e. The summed E-state index contributed by atoms with van der Waals surface area (Å²) in [5, 5.41) is 4.57. The summed E-state index contributed by atoms with van der Waals surface area (Å²) in [7, 11) is -1.71. The molecular weight excluding hydrogens is 232 g/mol. The summed E-state index contributed by atoms with van der Waals surface area (Å²) in [6, 6.07) is 11.0. The first-order valence-electron chi connectivity index (χ1n) is 6.79. The molecule has 0 amide bonds. The molecule has 18 heavy (non-hydrogen) atoms. The summed E-state index contributed by atoms with van der Waals surface area (Å²) >= 11 is 0. The van der Waals surface area contributed by atoms with Crippen LogP contribution in [0.3, 0.4) is 0 Å². The first-order chi connectivity index (χ1) is 8.69. The molecule has 0 nitrogen and oxygen atoms in total. The van der Waals surface area contributed by atoms with Gasteiger partial charge in [-0.15, -0.1) is 6.58 Å². The smallest absolute Gasteiger partial charge is 0.103 e. The Balaban J connectivity index is 2.50. The fourth-order valence-corrected chi connectivity index (χ4v) is 6.63. The summed E-state index contributed by atoms with van der Waals surface area (Å²) < 4.78 is 0. The number of rotatable bonds is 4. The van der Waals surface area contributed by atoms with Crippen LogP contribution in [-0.2, 0) is 0 Å². The van der Waals surface area contributed by atoms with Crippen molar-refractivity contribution in [3.63, 3.8) is 0 Å². The van der Waals surface area contributed by atoms with E-state index in [1.54, 1.807) is 5.20 Å². The van der Waals surface area contributed by atoms with Crippen molar-refractivity contribution in [2.24, 2.45) is 0 Å². The Labute approximate surface area is 112 Å². The Hall–Kier alpha value is -1.34. The van der Waals surface area contributed by atoms with Crippen LogP contribution in [-0.4, -0.2) is 8.07 Å². The minimum atomic E-state index is -1.71. The number of benzene rings is 1. The lowest BCUT2D eigenvalue weighted by Crippen LogP contribution is -2.49. The van der Waals surface area contributed by atoms with Gasteiger partial charge in [-0.1, -0.05) is 77.6 Å². The van der Waals surface area contributed by atoms with E-state index in [9.17, 15) is 0 Å². The zero-order valence-corrected chi connectivity index (χ0v) is 12.4. The lowest BCUT2D eigenvalue weighted by atomic mass is 10.2. The third-order valence-corrected chi connectivity index (χ3v) is 9.10. The van der Waals surface area contributed by atoms with Crippen LogP contribution in [0.25, 0.3) is 0 Å². The molecule has 1 heteroatoms.